The monoisotopic (exact) mass is 500 g/mol. The van der Waals surface area contributed by atoms with Crippen LogP contribution in [-0.2, 0) is 4.74 Å². The zero-order valence-electron chi connectivity index (χ0n) is 19.7. The molecule has 10 heteroatoms. The molecule has 2 aromatic heterocycles. The van der Waals surface area contributed by atoms with Gasteiger partial charge in [-0.3, -0.25) is 0 Å². The van der Waals surface area contributed by atoms with E-state index in [1.165, 1.54) is 12.1 Å². The summed E-state index contributed by atoms with van der Waals surface area (Å²) in [4.78, 5) is 20.3. The minimum absolute atomic E-state index is 0.0414. The summed E-state index contributed by atoms with van der Waals surface area (Å²) in [6.07, 6.45) is 1.61. The molecule has 5 rings (SSSR count). The van der Waals surface area contributed by atoms with Crippen molar-refractivity contribution in [3.63, 3.8) is 0 Å². The maximum absolute atomic E-state index is 14.3. The predicted molar refractivity (Wildman–Crippen MR) is 133 cm³/mol. The van der Waals surface area contributed by atoms with Gasteiger partial charge in [0.1, 0.15) is 11.6 Å². The van der Waals surface area contributed by atoms with E-state index in [0.29, 0.717) is 62.4 Å². The Kier molecular flexibility index (Phi) is 6.71. The van der Waals surface area contributed by atoms with Gasteiger partial charge in [0.2, 0.25) is 5.95 Å². The molecule has 0 radical (unpaired) electrons. The Bertz CT molecular complexity index is 1210. The van der Waals surface area contributed by atoms with E-state index in [2.05, 4.69) is 28.6 Å². The quantitative estimate of drug-likeness (QED) is 0.526. The summed E-state index contributed by atoms with van der Waals surface area (Å²) in [6.45, 7) is 7.86. The third-order valence-corrected chi connectivity index (χ3v) is 6.79. The number of anilines is 3. The molecular weight excluding hydrogens is 474 g/mol. The second kappa shape index (κ2) is 9.91. The third kappa shape index (κ3) is 4.88. The van der Waals surface area contributed by atoms with E-state index in [-0.39, 0.29) is 22.9 Å². The molecule has 0 amide bonds. The lowest BCUT2D eigenvalue weighted by Gasteiger charge is -2.41. The molecule has 2 aliphatic rings. The highest BCUT2D eigenvalue weighted by molar-refractivity contribution is 6.31. The van der Waals surface area contributed by atoms with Gasteiger partial charge in [0.15, 0.2) is 11.6 Å². The topological polar surface area (TPSA) is 57.6 Å². The van der Waals surface area contributed by atoms with Gasteiger partial charge in [0.25, 0.3) is 0 Å². The molecule has 0 N–H and O–H groups in total. The first-order chi connectivity index (χ1) is 16.9. The van der Waals surface area contributed by atoms with Crippen LogP contribution in [0.4, 0.5) is 26.4 Å². The van der Waals surface area contributed by atoms with Gasteiger partial charge < -0.3 is 19.4 Å². The molecule has 2 saturated heterocycles. The Morgan fingerprint density at radius 1 is 0.971 bits per heavy atom. The number of nitrogens with zero attached hydrogens (tertiary/aromatic N) is 6. The molecule has 0 aliphatic carbocycles. The first-order valence-electron chi connectivity index (χ1n) is 11.7. The Morgan fingerprint density at radius 2 is 1.83 bits per heavy atom. The number of morpholine rings is 1. The largest absolute Gasteiger partial charge is 0.377 e. The minimum atomic E-state index is -0.474. The summed E-state index contributed by atoms with van der Waals surface area (Å²) >= 11 is 6.08. The highest BCUT2D eigenvalue weighted by atomic mass is 35.5. The van der Waals surface area contributed by atoms with Crippen molar-refractivity contribution in [3.05, 3.63) is 59.3 Å². The van der Waals surface area contributed by atoms with Crippen LogP contribution in [0.2, 0.25) is 5.02 Å². The standard InChI is InChI=1S/C25H27ClF2N6O/c1-16-14-32(24-21(28)4-3-7-29-24)8-9-33(16)23-13-22(18-5-6-20(27)19(26)12-18)30-25(31-23)34-10-11-35-15-17(34)2/h3-7,12-13,16-17H,8-11,14-15H2,1-2H3/t16-,17+/m1/s1. The number of benzene rings is 1. The lowest BCUT2D eigenvalue weighted by Crippen LogP contribution is -2.53. The number of piperazine rings is 1. The number of halogens is 3. The Labute approximate surface area is 208 Å². The minimum Gasteiger partial charge on any atom is -0.377 e. The zero-order valence-corrected chi connectivity index (χ0v) is 20.4. The van der Waals surface area contributed by atoms with Crippen molar-refractivity contribution in [2.24, 2.45) is 0 Å². The molecule has 2 aliphatic heterocycles. The molecule has 0 saturated carbocycles. The van der Waals surface area contributed by atoms with Crippen LogP contribution in [0.5, 0.6) is 0 Å². The SMILES string of the molecule is C[C@@H]1CN(c2ncccc2F)CCN1c1cc(-c2ccc(F)c(Cl)c2)nc(N2CCOC[C@@H]2C)n1. The zero-order chi connectivity index (χ0) is 24.5. The number of pyridine rings is 1. The second-order valence-corrected chi connectivity index (χ2v) is 9.36. The van der Waals surface area contributed by atoms with Crippen molar-refractivity contribution < 1.29 is 13.5 Å². The molecular formula is C25H27ClF2N6O. The molecule has 0 spiro atoms. The Balaban J connectivity index is 1.49. The van der Waals surface area contributed by atoms with Crippen molar-refractivity contribution in [3.8, 4) is 11.3 Å². The van der Waals surface area contributed by atoms with Crippen LogP contribution in [0.15, 0.2) is 42.6 Å². The summed E-state index contributed by atoms with van der Waals surface area (Å²) in [6, 6.07) is 9.69. The van der Waals surface area contributed by atoms with Gasteiger partial charge in [-0.05, 0) is 44.2 Å². The molecule has 184 valence electrons. The first kappa shape index (κ1) is 23.7. The lowest BCUT2D eigenvalue weighted by atomic mass is 10.1. The second-order valence-electron chi connectivity index (χ2n) is 8.95. The van der Waals surface area contributed by atoms with Gasteiger partial charge in [0, 0.05) is 50.0 Å². The fraction of sp³-hybridized carbons (Fsp3) is 0.400. The van der Waals surface area contributed by atoms with E-state index < -0.39 is 5.82 Å². The fourth-order valence-corrected chi connectivity index (χ4v) is 4.81. The van der Waals surface area contributed by atoms with Crippen LogP contribution in [0.3, 0.4) is 0 Å². The van der Waals surface area contributed by atoms with Crippen LogP contribution < -0.4 is 14.7 Å². The third-order valence-electron chi connectivity index (χ3n) is 6.50. The van der Waals surface area contributed by atoms with Crippen LogP contribution in [0.25, 0.3) is 11.3 Å². The number of aromatic nitrogens is 3. The van der Waals surface area contributed by atoms with Crippen LogP contribution in [0, 0.1) is 11.6 Å². The molecule has 1 aromatic carbocycles. The van der Waals surface area contributed by atoms with E-state index in [9.17, 15) is 8.78 Å². The van der Waals surface area contributed by atoms with Crippen LogP contribution in [0.1, 0.15) is 13.8 Å². The first-order valence-corrected chi connectivity index (χ1v) is 12.1. The van der Waals surface area contributed by atoms with Gasteiger partial charge in [-0.2, -0.15) is 4.98 Å². The van der Waals surface area contributed by atoms with Crippen molar-refractivity contribution in [1.29, 1.82) is 0 Å². The van der Waals surface area contributed by atoms with Gasteiger partial charge in [-0.25, -0.2) is 18.7 Å². The average molecular weight is 501 g/mol. The molecule has 3 aromatic rings. The summed E-state index contributed by atoms with van der Waals surface area (Å²) < 4.78 is 33.8. The van der Waals surface area contributed by atoms with Crippen molar-refractivity contribution in [2.45, 2.75) is 25.9 Å². The van der Waals surface area contributed by atoms with Gasteiger partial charge in [0.05, 0.1) is 30.0 Å². The molecule has 35 heavy (non-hydrogen) atoms. The fourth-order valence-electron chi connectivity index (χ4n) is 4.63. The summed E-state index contributed by atoms with van der Waals surface area (Å²) in [5, 5.41) is 0.0447. The molecule has 7 nitrogen and oxygen atoms in total. The van der Waals surface area contributed by atoms with Gasteiger partial charge >= 0.3 is 0 Å². The number of hydrogen-bond acceptors (Lipinski definition) is 7. The highest BCUT2D eigenvalue weighted by Gasteiger charge is 2.29. The van der Waals surface area contributed by atoms with Crippen molar-refractivity contribution in [2.75, 3.05) is 54.1 Å². The maximum Gasteiger partial charge on any atom is 0.228 e. The number of ether oxygens (including phenoxy) is 1. The van der Waals surface area contributed by atoms with Crippen LogP contribution >= 0.6 is 11.6 Å². The van der Waals surface area contributed by atoms with Crippen molar-refractivity contribution >= 4 is 29.2 Å². The van der Waals surface area contributed by atoms with E-state index in [4.69, 9.17) is 26.3 Å². The number of rotatable bonds is 4. The maximum atomic E-state index is 14.3. The Morgan fingerprint density at radius 3 is 2.57 bits per heavy atom. The molecule has 0 unspecified atom stereocenters. The predicted octanol–water partition coefficient (Wildman–Crippen LogP) is 4.41. The van der Waals surface area contributed by atoms with E-state index in [1.54, 1.807) is 24.4 Å². The lowest BCUT2D eigenvalue weighted by molar-refractivity contribution is 0.0981. The van der Waals surface area contributed by atoms with E-state index in [1.807, 2.05) is 11.0 Å². The molecule has 2 atom stereocenters. The average Bonchev–Trinajstić information content (AvgIpc) is 2.86. The molecule has 0 bridgehead atoms. The molecule has 4 heterocycles. The van der Waals surface area contributed by atoms with E-state index in [0.717, 1.165) is 5.82 Å². The molecule has 2 fully saturated rings. The summed E-state index contributed by atoms with van der Waals surface area (Å²) in [5.41, 5.74) is 1.38. The smallest absolute Gasteiger partial charge is 0.228 e. The Hall–Kier alpha value is -3.04. The number of hydrogen-bond donors (Lipinski definition) is 0. The van der Waals surface area contributed by atoms with Gasteiger partial charge in [-0.1, -0.05) is 11.6 Å². The summed E-state index contributed by atoms with van der Waals surface area (Å²) in [7, 11) is 0. The van der Waals surface area contributed by atoms with Crippen LogP contribution in [-0.4, -0.2) is 66.4 Å². The van der Waals surface area contributed by atoms with Gasteiger partial charge in [-0.15, -0.1) is 0 Å². The summed E-state index contributed by atoms with van der Waals surface area (Å²) in [5.74, 6) is 0.926. The van der Waals surface area contributed by atoms with E-state index >= 15 is 0 Å². The highest BCUT2D eigenvalue weighted by Crippen LogP contribution is 2.31. The van der Waals surface area contributed by atoms with Crippen molar-refractivity contribution in [1.82, 2.24) is 15.0 Å². The normalized spacial score (nSPS) is 20.9.